The molecule has 82 valence electrons. The fourth-order valence-electron chi connectivity index (χ4n) is 1.13. The third kappa shape index (κ3) is 3.45. The lowest BCUT2D eigenvalue weighted by Crippen LogP contribution is -2.33. The molecule has 1 rings (SSSR count). The maximum Gasteiger partial charge on any atom is 0.290 e. The van der Waals surface area contributed by atoms with Crippen LogP contribution in [0, 0.1) is 0 Å². The van der Waals surface area contributed by atoms with Crippen molar-refractivity contribution >= 4 is 16.3 Å². The topological polar surface area (TPSA) is 61.1 Å². The Morgan fingerprint density at radius 1 is 1.47 bits per heavy atom. The molecule has 0 saturated heterocycles. The molecule has 1 aromatic heterocycles. The number of pyridine rings is 1. The minimum atomic E-state index is -4.41. The zero-order valence-electron chi connectivity index (χ0n) is 8.46. The molecule has 5 heteroatoms. The van der Waals surface area contributed by atoms with Crippen LogP contribution in [0.5, 0.6) is 0 Å². The Kier molecular flexibility index (Phi) is 3.99. The number of allylic oxidation sites excluding steroid dienone is 1. The van der Waals surface area contributed by atoms with E-state index in [1.165, 1.54) is 22.9 Å². The van der Waals surface area contributed by atoms with Crippen LogP contribution < -0.4 is 4.57 Å². The summed E-state index contributed by atoms with van der Waals surface area (Å²) in [4.78, 5) is 0. The molecule has 0 aliphatic heterocycles. The number of rotatable bonds is 4. The van der Waals surface area contributed by atoms with Gasteiger partial charge in [0, 0.05) is 12.1 Å². The summed E-state index contributed by atoms with van der Waals surface area (Å²) in [7, 11) is -4.41. The highest BCUT2D eigenvalue weighted by atomic mass is 32.2. The molecular formula is C10H13NO3S. The van der Waals surface area contributed by atoms with E-state index in [-0.39, 0.29) is 5.03 Å². The van der Waals surface area contributed by atoms with E-state index in [4.69, 9.17) is 0 Å². The van der Waals surface area contributed by atoms with Gasteiger partial charge in [-0.2, -0.15) is 4.57 Å². The molecule has 15 heavy (non-hydrogen) atoms. The van der Waals surface area contributed by atoms with Crippen molar-refractivity contribution in [1.29, 1.82) is 0 Å². The molecule has 0 N–H and O–H groups in total. The van der Waals surface area contributed by atoms with Crippen LogP contribution >= 0.6 is 0 Å². The van der Waals surface area contributed by atoms with Gasteiger partial charge in [0.05, 0.1) is 0 Å². The van der Waals surface area contributed by atoms with Crippen LogP contribution in [0.1, 0.15) is 19.8 Å². The van der Waals surface area contributed by atoms with Crippen LogP contribution in [0.25, 0.3) is 6.20 Å². The van der Waals surface area contributed by atoms with Crippen molar-refractivity contribution in [2.45, 2.75) is 24.8 Å². The van der Waals surface area contributed by atoms with Crippen LogP contribution in [-0.4, -0.2) is 13.0 Å². The smallest absolute Gasteiger partial charge is 0.290 e. The van der Waals surface area contributed by atoms with Gasteiger partial charge in [0.15, 0.2) is 22.5 Å². The lowest BCUT2D eigenvalue weighted by Gasteiger charge is -2.03. The zero-order valence-corrected chi connectivity index (χ0v) is 9.28. The highest BCUT2D eigenvalue weighted by Crippen LogP contribution is 2.01. The summed E-state index contributed by atoms with van der Waals surface area (Å²) in [6, 6.07) is 4.48. The molecule has 0 amide bonds. The summed E-state index contributed by atoms with van der Waals surface area (Å²) in [6.07, 6.45) is 6.78. The van der Waals surface area contributed by atoms with Gasteiger partial charge in [-0.05, 0) is 18.6 Å². The first kappa shape index (κ1) is 11.9. The Labute approximate surface area is 89.6 Å². The van der Waals surface area contributed by atoms with Crippen LogP contribution in [0.2, 0.25) is 0 Å². The first-order chi connectivity index (χ1) is 7.05. The Morgan fingerprint density at radius 3 is 2.80 bits per heavy atom. The SMILES string of the molecule is CCCC=C[n+]1ccccc1S(=O)(=O)[O-]. The van der Waals surface area contributed by atoms with Crippen molar-refractivity contribution in [3.05, 3.63) is 30.5 Å². The summed E-state index contributed by atoms with van der Waals surface area (Å²) in [5, 5.41) is -0.239. The van der Waals surface area contributed by atoms with Crippen LogP contribution in [0.4, 0.5) is 0 Å². The van der Waals surface area contributed by atoms with Gasteiger partial charge in [-0.15, -0.1) is 0 Å². The standard InChI is InChI=1S/C10H13NO3S/c1-2-3-5-8-11-9-6-4-7-10(11)15(12,13)14/h4-9H,2-3H2,1H3. The van der Waals surface area contributed by atoms with E-state index in [0.29, 0.717) is 0 Å². The lowest BCUT2D eigenvalue weighted by atomic mass is 10.3. The lowest BCUT2D eigenvalue weighted by molar-refractivity contribution is -0.611. The van der Waals surface area contributed by atoms with E-state index in [9.17, 15) is 13.0 Å². The molecule has 1 aromatic rings. The average Bonchev–Trinajstić information content (AvgIpc) is 2.17. The fraction of sp³-hybridized carbons (Fsp3) is 0.300. The zero-order chi connectivity index (χ0) is 11.3. The van der Waals surface area contributed by atoms with Crippen molar-refractivity contribution in [3.8, 4) is 0 Å². The van der Waals surface area contributed by atoms with Gasteiger partial charge in [0.2, 0.25) is 0 Å². The Bertz CT molecular complexity index is 451. The molecule has 0 saturated carbocycles. The summed E-state index contributed by atoms with van der Waals surface area (Å²) in [5.41, 5.74) is 0. The monoisotopic (exact) mass is 227 g/mol. The van der Waals surface area contributed by atoms with Gasteiger partial charge in [0.25, 0.3) is 5.03 Å². The van der Waals surface area contributed by atoms with Gasteiger partial charge >= 0.3 is 0 Å². The molecule has 0 radical (unpaired) electrons. The Hall–Kier alpha value is -1.20. The van der Waals surface area contributed by atoms with Crippen molar-refractivity contribution in [3.63, 3.8) is 0 Å². The van der Waals surface area contributed by atoms with Crippen molar-refractivity contribution in [2.75, 3.05) is 0 Å². The van der Waals surface area contributed by atoms with Gasteiger partial charge < -0.3 is 4.55 Å². The molecule has 0 bridgehead atoms. The Morgan fingerprint density at radius 2 is 2.20 bits per heavy atom. The molecule has 1 heterocycles. The van der Waals surface area contributed by atoms with E-state index in [2.05, 4.69) is 0 Å². The molecule has 0 unspecified atom stereocenters. The number of unbranched alkanes of at least 4 members (excludes halogenated alkanes) is 1. The minimum absolute atomic E-state index is 0.239. The summed E-state index contributed by atoms with van der Waals surface area (Å²) >= 11 is 0. The van der Waals surface area contributed by atoms with Crippen LogP contribution in [0.15, 0.2) is 35.5 Å². The van der Waals surface area contributed by atoms with Crippen LogP contribution in [-0.2, 0) is 10.1 Å². The van der Waals surface area contributed by atoms with E-state index in [1.54, 1.807) is 12.3 Å². The number of hydrogen-bond acceptors (Lipinski definition) is 3. The molecule has 0 atom stereocenters. The summed E-state index contributed by atoms with van der Waals surface area (Å²) < 4.78 is 33.9. The molecule has 4 nitrogen and oxygen atoms in total. The van der Waals surface area contributed by atoms with Gasteiger partial charge in [-0.25, -0.2) is 8.42 Å². The largest absolute Gasteiger partial charge is 0.740 e. The first-order valence-corrected chi connectivity index (χ1v) is 6.09. The van der Waals surface area contributed by atoms with Crippen molar-refractivity contribution in [2.24, 2.45) is 0 Å². The fourth-order valence-corrected chi connectivity index (χ4v) is 1.76. The predicted octanol–water partition coefficient (Wildman–Crippen LogP) is 1.15. The summed E-state index contributed by atoms with van der Waals surface area (Å²) in [6.45, 7) is 2.02. The maximum absolute atomic E-state index is 10.9. The van der Waals surface area contributed by atoms with Crippen molar-refractivity contribution in [1.82, 2.24) is 0 Å². The molecular weight excluding hydrogens is 214 g/mol. The molecule has 0 aromatic carbocycles. The second-order valence-electron chi connectivity index (χ2n) is 3.07. The second kappa shape index (κ2) is 5.04. The van der Waals surface area contributed by atoms with E-state index in [0.717, 1.165) is 12.8 Å². The van der Waals surface area contributed by atoms with Gasteiger partial charge in [-0.1, -0.05) is 13.3 Å². The van der Waals surface area contributed by atoms with E-state index in [1.807, 2.05) is 13.0 Å². The molecule has 0 aliphatic carbocycles. The predicted molar refractivity (Wildman–Crippen MR) is 54.8 cm³/mol. The minimum Gasteiger partial charge on any atom is -0.740 e. The van der Waals surface area contributed by atoms with Crippen molar-refractivity contribution < 1.29 is 17.5 Å². The molecule has 0 aliphatic rings. The van der Waals surface area contributed by atoms with E-state index < -0.39 is 10.1 Å². The second-order valence-corrected chi connectivity index (χ2v) is 4.40. The third-order valence-corrected chi connectivity index (χ3v) is 2.69. The van der Waals surface area contributed by atoms with Crippen LogP contribution in [0.3, 0.4) is 0 Å². The highest BCUT2D eigenvalue weighted by molar-refractivity contribution is 7.85. The first-order valence-electron chi connectivity index (χ1n) is 4.68. The number of hydrogen-bond donors (Lipinski definition) is 0. The molecule has 0 fully saturated rings. The maximum atomic E-state index is 10.9. The average molecular weight is 227 g/mol. The highest BCUT2D eigenvalue weighted by Gasteiger charge is 2.13. The quantitative estimate of drug-likeness (QED) is 0.572. The number of aromatic nitrogens is 1. The Balaban J connectivity index is 3.08. The molecule has 0 spiro atoms. The normalized spacial score (nSPS) is 12.1. The van der Waals surface area contributed by atoms with E-state index >= 15 is 0 Å². The summed E-state index contributed by atoms with van der Waals surface area (Å²) in [5.74, 6) is 0. The van der Waals surface area contributed by atoms with Gasteiger partial charge in [0.1, 0.15) is 0 Å². The third-order valence-electron chi connectivity index (χ3n) is 1.83. The van der Waals surface area contributed by atoms with Gasteiger partial charge in [-0.3, -0.25) is 0 Å². The number of nitrogens with zero attached hydrogens (tertiary/aromatic N) is 1.